The normalized spacial score (nSPS) is 21.3. The summed E-state index contributed by atoms with van der Waals surface area (Å²) in [5.74, 6) is -0.472. The Bertz CT molecular complexity index is 1070. The van der Waals surface area contributed by atoms with Crippen molar-refractivity contribution in [1.29, 1.82) is 0 Å². The Morgan fingerprint density at radius 3 is 2.39 bits per heavy atom. The minimum absolute atomic E-state index is 0.00170. The summed E-state index contributed by atoms with van der Waals surface area (Å²) in [5.41, 5.74) is 1.04. The maximum Gasteiger partial charge on any atom is 0.260 e. The van der Waals surface area contributed by atoms with Crippen LogP contribution in [0.5, 0.6) is 5.75 Å². The van der Waals surface area contributed by atoms with E-state index in [4.69, 9.17) is 21.5 Å². The average Bonchev–Trinajstić information content (AvgIpc) is 2.94. The van der Waals surface area contributed by atoms with E-state index in [1.54, 1.807) is 17.0 Å². The van der Waals surface area contributed by atoms with Crippen molar-refractivity contribution in [2.75, 3.05) is 19.7 Å². The fourth-order valence-corrected chi connectivity index (χ4v) is 5.24. The fraction of sp³-hybridized carbons (Fsp3) is 0.381. The van der Waals surface area contributed by atoms with E-state index in [-0.39, 0.29) is 46.1 Å². The summed E-state index contributed by atoms with van der Waals surface area (Å²) in [6.45, 7) is 1.57. The summed E-state index contributed by atoms with van der Waals surface area (Å²) >= 11 is 5.85. The molecule has 2 heterocycles. The highest BCUT2D eigenvalue weighted by molar-refractivity contribution is 7.89. The lowest BCUT2D eigenvalue weighted by Gasteiger charge is -2.41. The van der Waals surface area contributed by atoms with Gasteiger partial charge in [0.1, 0.15) is 16.5 Å². The Hall–Kier alpha value is -2.20. The van der Waals surface area contributed by atoms with Crippen LogP contribution in [-0.2, 0) is 21.4 Å². The lowest BCUT2D eigenvalue weighted by atomic mass is 10.1. The van der Waals surface area contributed by atoms with Gasteiger partial charge in [0.15, 0.2) is 6.61 Å². The molecule has 0 spiro atoms. The van der Waals surface area contributed by atoms with Crippen LogP contribution in [0.25, 0.3) is 0 Å². The molecule has 4 rings (SSSR count). The number of likely N-dealkylation sites (tertiary alicyclic amines) is 1. The van der Waals surface area contributed by atoms with Gasteiger partial charge in [-0.1, -0.05) is 23.7 Å². The van der Waals surface area contributed by atoms with Crippen LogP contribution in [0.4, 0.5) is 4.39 Å². The molecule has 31 heavy (non-hydrogen) atoms. The van der Waals surface area contributed by atoms with Crippen molar-refractivity contribution in [3.63, 3.8) is 0 Å². The van der Waals surface area contributed by atoms with Gasteiger partial charge < -0.3 is 9.64 Å². The number of hydrogen-bond donors (Lipinski definition) is 1. The molecular weight excluding hydrogens is 445 g/mol. The predicted octanol–water partition coefficient (Wildman–Crippen LogP) is 2.38. The van der Waals surface area contributed by atoms with Gasteiger partial charge in [-0.2, -0.15) is 0 Å². The standard InChI is InChI=1S/C21H23ClFN3O4S/c22-15-3-8-19(20(9-15)31(24,28)29)30-13-21(27)25-11-17-6-7-18(12-25)26(17)10-14-1-4-16(23)5-2-14/h1-5,8-9,17-18H,6-7,10-13H2,(H2,24,28,29). The van der Waals surface area contributed by atoms with Crippen molar-refractivity contribution in [3.05, 3.63) is 58.9 Å². The number of carbonyl (C=O) groups is 1. The topological polar surface area (TPSA) is 92.9 Å². The van der Waals surface area contributed by atoms with E-state index in [0.29, 0.717) is 13.1 Å². The summed E-state index contributed by atoms with van der Waals surface area (Å²) < 4.78 is 42.2. The van der Waals surface area contributed by atoms with Crippen LogP contribution in [-0.4, -0.2) is 55.9 Å². The average molecular weight is 468 g/mol. The van der Waals surface area contributed by atoms with Gasteiger partial charge in [-0.3, -0.25) is 9.69 Å². The number of amides is 1. The van der Waals surface area contributed by atoms with Crippen LogP contribution in [0.15, 0.2) is 47.4 Å². The third-order valence-electron chi connectivity index (χ3n) is 5.83. The third-order valence-corrected chi connectivity index (χ3v) is 7.00. The number of rotatable bonds is 6. The maximum atomic E-state index is 13.2. The van der Waals surface area contributed by atoms with E-state index >= 15 is 0 Å². The van der Waals surface area contributed by atoms with Crippen LogP contribution in [0, 0.1) is 5.82 Å². The number of hydrogen-bond acceptors (Lipinski definition) is 5. The lowest BCUT2D eigenvalue weighted by Crippen LogP contribution is -2.55. The van der Waals surface area contributed by atoms with Crippen molar-refractivity contribution >= 4 is 27.5 Å². The fourth-order valence-electron chi connectivity index (χ4n) is 4.31. The first-order valence-electron chi connectivity index (χ1n) is 9.94. The molecule has 2 bridgehead atoms. The minimum atomic E-state index is -4.04. The summed E-state index contributed by atoms with van der Waals surface area (Å²) in [6, 6.07) is 11.0. The molecule has 2 aliphatic rings. The summed E-state index contributed by atoms with van der Waals surface area (Å²) in [6.07, 6.45) is 1.98. The van der Waals surface area contributed by atoms with Crippen molar-refractivity contribution < 1.29 is 22.3 Å². The lowest BCUT2D eigenvalue weighted by molar-refractivity contribution is -0.137. The number of piperazine rings is 1. The van der Waals surface area contributed by atoms with Gasteiger partial charge in [-0.25, -0.2) is 17.9 Å². The molecule has 2 aromatic rings. The molecule has 2 saturated heterocycles. The van der Waals surface area contributed by atoms with Crippen molar-refractivity contribution in [2.45, 2.75) is 36.4 Å². The van der Waals surface area contributed by atoms with E-state index in [2.05, 4.69) is 4.90 Å². The predicted molar refractivity (Wildman–Crippen MR) is 114 cm³/mol. The molecule has 0 aliphatic carbocycles. The number of fused-ring (bicyclic) bond motifs is 2. The van der Waals surface area contributed by atoms with E-state index < -0.39 is 10.0 Å². The van der Waals surface area contributed by atoms with E-state index in [0.717, 1.165) is 24.9 Å². The zero-order chi connectivity index (χ0) is 22.2. The molecule has 1 amide bonds. The SMILES string of the molecule is NS(=O)(=O)c1cc(Cl)ccc1OCC(=O)N1CC2CCC(C1)N2Cc1ccc(F)cc1. The molecule has 10 heteroatoms. The van der Waals surface area contributed by atoms with E-state index in [9.17, 15) is 17.6 Å². The van der Waals surface area contributed by atoms with Crippen LogP contribution in [0.2, 0.25) is 5.02 Å². The quantitative estimate of drug-likeness (QED) is 0.704. The number of primary sulfonamides is 1. The zero-order valence-electron chi connectivity index (χ0n) is 16.7. The van der Waals surface area contributed by atoms with Crippen LogP contribution < -0.4 is 9.88 Å². The van der Waals surface area contributed by atoms with Crippen LogP contribution >= 0.6 is 11.6 Å². The number of nitrogens with two attached hydrogens (primary N) is 1. The van der Waals surface area contributed by atoms with Gasteiger partial charge in [-0.05, 0) is 48.7 Å². The maximum absolute atomic E-state index is 13.2. The van der Waals surface area contributed by atoms with Crippen molar-refractivity contribution in [1.82, 2.24) is 9.80 Å². The molecule has 2 unspecified atom stereocenters. The van der Waals surface area contributed by atoms with Crippen LogP contribution in [0.1, 0.15) is 18.4 Å². The second kappa shape index (κ2) is 8.74. The van der Waals surface area contributed by atoms with Crippen LogP contribution in [0.3, 0.4) is 0 Å². The third kappa shape index (κ3) is 5.01. The van der Waals surface area contributed by atoms with Gasteiger partial charge >= 0.3 is 0 Å². The van der Waals surface area contributed by atoms with E-state index in [1.165, 1.54) is 30.3 Å². The Morgan fingerprint density at radius 2 is 1.77 bits per heavy atom. The molecule has 166 valence electrons. The number of halogens is 2. The number of nitrogens with zero attached hydrogens (tertiary/aromatic N) is 2. The summed E-state index contributed by atoms with van der Waals surface area (Å²) in [5, 5.41) is 5.42. The molecule has 2 aliphatic heterocycles. The highest BCUT2D eigenvalue weighted by Gasteiger charge is 2.41. The molecule has 2 N–H and O–H groups in total. The molecule has 0 radical (unpaired) electrons. The smallest absolute Gasteiger partial charge is 0.260 e. The highest BCUT2D eigenvalue weighted by atomic mass is 35.5. The first-order chi connectivity index (χ1) is 14.7. The van der Waals surface area contributed by atoms with Crippen molar-refractivity contribution in [3.8, 4) is 5.75 Å². The van der Waals surface area contributed by atoms with Crippen molar-refractivity contribution in [2.24, 2.45) is 5.14 Å². The molecule has 0 saturated carbocycles. The highest BCUT2D eigenvalue weighted by Crippen LogP contribution is 2.32. The summed E-state index contributed by atoms with van der Waals surface area (Å²) in [4.78, 5) is 16.6. The largest absolute Gasteiger partial charge is 0.482 e. The Morgan fingerprint density at radius 1 is 1.13 bits per heavy atom. The molecule has 2 aromatic carbocycles. The van der Waals surface area contributed by atoms with Gasteiger partial charge in [0.05, 0.1) is 0 Å². The first-order valence-corrected chi connectivity index (χ1v) is 11.9. The van der Waals surface area contributed by atoms with Gasteiger partial charge in [0.25, 0.3) is 5.91 Å². The van der Waals surface area contributed by atoms with Gasteiger partial charge in [0.2, 0.25) is 10.0 Å². The molecule has 7 nitrogen and oxygen atoms in total. The Balaban J connectivity index is 1.38. The second-order valence-corrected chi connectivity index (χ2v) is 9.87. The van der Waals surface area contributed by atoms with Gasteiger partial charge in [0, 0.05) is 36.7 Å². The number of sulfonamides is 1. The second-order valence-electron chi connectivity index (χ2n) is 7.91. The molecule has 0 aromatic heterocycles. The minimum Gasteiger partial charge on any atom is -0.482 e. The van der Waals surface area contributed by atoms with E-state index in [1.807, 2.05) is 0 Å². The first kappa shape index (κ1) is 22.0. The molecule has 2 atom stereocenters. The molecule has 2 fully saturated rings. The monoisotopic (exact) mass is 467 g/mol. The Labute approximate surface area is 185 Å². The number of ether oxygens (including phenoxy) is 1. The molecular formula is C21H23ClFN3O4S. The number of benzene rings is 2. The van der Waals surface area contributed by atoms with Gasteiger partial charge in [-0.15, -0.1) is 0 Å². The zero-order valence-corrected chi connectivity index (χ0v) is 18.3. The summed E-state index contributed by atoms with van der Waals surface area (Å²) in [7, 11) is -4.04. The Kier molecular flexibility index (Phi) is 6.20. The number of carbonyl (C=O) groups excluding carboxylic acids is 1.